The Bertz CT molecular complexity index is 1170. The van der Waals surface area contributed by atoms with Gasteiger partial charge in [0.2, 0.25) is 0 Å². The molecule has 1 rings (SSSR count). The fourth-order valence-corrected chi connectivity index (χ4v) is 9.32. The first kappa shape index (κ1) is 57.8. The van der Waals surface area contributed by atoms with E-state index in [-0.39, 0.29) is 5.75 Å². The lowest BCUT2D eigenvalue weighted by Gasteiger charge is -2.12. The zero-order chi connectivity index (χ0) is 44.2. The van der Waals surface area contributed by atoms with E-state index in [4.69, 9.17) is 0 Å². The van der Waals surface area contributed by atoms with E-state index in [1.165, 1.54) is 96.3 Å². The first-order chi connectivity index (χ1) is 29.9. The fraction of sp³-hybridized carbons (Fsp3) is 0.875. The van der Waals surface area contributed by atoms with Crippen molar-refractivity contribution in [3.05, 3.63) is 28.8 Å². The molecule has 0 amide bonds. The molecule has 0 aliphatic heterocycles. The molecule has 0 spiro atoms. The second kappa shape index (κ2) is 44.0. The summed E-state index contributed by atoms with van der Waals surface area (Å²) in [6, 6.07) is 3.91. The van der Waals surface area contributed by atoms with Crippen molar-refractivity contribution in [1.82, 2.24) is 53.2 Å². The quantitative estimate of drug-likeness (QED) is 0.0404. The molecule has 0 aromatic heterocycles. The Hall–Kier alpha value is -1.23. The van der Waals surface area contributed by atoms with Crippen LogP contribution < -0.4 is 53.2 Å². The minimum absolute atomic E-state index is 0.148. The average Bonchev–Trinajstić information content (AvgIpc) is 3.23. The van der Waals surface area contributed by atoms with Crippen LogP contribution in [0.4, 0.5) is 0 Å². The molecule has 0 bridgehead atoms. The van der Waals surface area contributed by atoms with Gasteiger partial charge in [0.05, 0.1) is 10.6 Å². The lowest BCUT2D eigenvalue weighted by molar-refractivity contribution is 0.527. The minimum Gasteiger partial charge on any atom is -0.317 e. The van der Waals surface area contributed by atoms with Gasteiger partial charge < -0.3 is 53.2 Å². The molecule has 0 saturated carbocycles. The van der Waals surface area contributed by atoms with Crippen molar-refractivity contribution in [1.29, 1.82) is 0 Å². The van der Waals surface area contributed by atoms with Crippen LogP contribution in [0.3, 0.4) is 0 Å². The van der Waals surface area contributed by atoms with Gasteiger partial charge in [-0.1, -0.05) is 24.6 Å². The average molecular weight is 881 g/mol. The molecule has 13 heteroatoms. The maximum atomic E-state index is 12.8. The van der Waals surface area contributed by atoms with Crippen LogP contribution in [0, 0.1) is 20.8 Å². The summed E-state index contributed by atoms with van der Waals surface area (Å²) in [6.45, 7) is 29.5. The van der Waals surface area contributed by atoms with E-state index in [2.05, 4.69) is 60.1 Å². The maximum absolute atomic E-state index is 12.8. The molecule has 1 aromatic rings. The van der Waals surface area contributed by atoms with Gasteiger partial charge in [0, 0.05) is 6.54 Å². The Morgan fingerprint density at radius 2 is 0.541 bits per heavy atom. The lowest BCUT2D eigenvalue weighted by Crippen LogP contribution is -2.25. The van der Waals surface area contributed by atoms with E-state index >= 15 is 0 Å². The van der Waals surface area contributed by atoms with Crippen LogP contribution in [-0.2, 0) is 9.84 Å². The number of sulfone groups is 1. The highest BCUT2D eigenvalue weighted by Gasteiger charge is 2.19. The van der Waals surface area contributed by atoms with E-state index in [0.29, 0.717) is 11.4 Å². The molecule has 0 saturated heterocycles. The molecule has 0 unspecified atom stereocenters. The summed E-state index contributed by atoms with van der Waals surface area (Å²) in [5.41, 5.74) is 2.81. The van der Waals surface area contributed by atoms with Crippen molar-refractivity contribution in [3.8, 4) is 0 Å². The Balaban J connectivity index is 1.67. The topological polar surface area (TPSA) is 154 Å². The fourth-order valence-electron chi connectivity index (χ4n) is 7.61. The zero-order valence-electron chi connectivity index (χ0n) is 40.2. The summed E-state index contributed by atoms with van der Waals surface area (Å²) in [7, 11) is -3.26. The van der Waals surface area contributed by atoms with Gasteiger partial charge in [-0.2, -0.15) is 0 Å². The number of nitrogens with one attached hydrogen (secondary N) is 10. The molecule has 0 aliphatic carbocycles. The van der Waals surface area contributed by atoms with Crippen molar-refractivity contribution in [2.75, 3.05) is 137 Å². The van der Waals surface area contributed by atoms with Crippen molar-refractivity contribution < 1.29 is 8.42 Å². The zero-order valence-corrected chi connectivity index (χ0v) is 41.1. The SMILES string of the molecule is CCNCCCCNCCCNCCCCNCCCCNCCCCNCCCCNCCCCNCCCCNCCCCNCCS(=O)(=O)c1c(C)cc(C)cc1C. The smallest absolute Gasteiger partial charge is 0.180 e. The number of unbranched alkanes of at least 4 members (excludes halogenated alkanes) is 8. The van der Waals surface area contributed by atoms with Gasteiger partial charge in [-0.15, -0.1) is 0 Å². The number of benzene rings is 1. The summed E-state index contributed by atoms with van der Waals surface area (Å²) in [6.07, 6.45) is 20.9. The second-order valence-corrected chi connectivity index (χ2v) is 19.2. The van der Waals surface area contributed by atoms with Gasteiger partial charge in [0.25, 0.3) is 0 Å². The van der Waals surface area contributed by atoms with Gasteiger partial charge >= 0.3 is 0 Å². The van der Waals surface area contributed by atoms with Gasteiger partial charge in [0.1, 0.15) is 0 Å². The van der Waals surface area contributed by atoms with Gasteiger partial charge in [-0.25, -0.2) is 8.42 Å². The molecule has 10 N–H and O–H groups in total. The summed E-state index contributed by atoms with van der Waals surface area (Å²) in [4.78, 5) is 0.508. The molecule has 12 nitrogen and oxygen atoms in total. The van der Waals surface area contributed by atoms with Crippen molar-refractivity contribution in [2.24, 2.45) is 0 Å². The third-order valence-electron chi connectivity index (χ3n) is 11.1. The lowest BCUT2D eigenvalue weighted by atomic mass is 10.1. The van der Waals surface area contributed by atoms with Crippen molar-refractivity contribution >= 4 is 9.84 Å². The Morgan fingerprint density at radius 1 is 0.328 bits per heavy atom. The summed E-state index contributed by atoms with van der Waals surface area (Å²) in [5.74, 6) is 0.148. The third kappa shape index (κ3) is 37.8. The Kier molecular flexibility index (Phi) is 41.7. The number of hydrogen-bond acceptors (Lipinski definition) is 12. The van der Waals surface area contributed by atoms with Crippen molar-refractivity contribution in [3.63, 3.8) is 0 Å². The number of hydrogen-bond donors (Lipinski definition) is 10. The molecule has 360 valence electrons. The normalized spacial score (nSPS) is 11.9. The molecule has 0 atom stereocenters. The van der Waals surface area contributed by atoms with E-state index in [1.54, 1.807) is 0 Å². The monoisotopic (exact) mass is 881 g/mol. The summed E-state index contributed by atoms with van der Waals surface area (Å²) >= 11 is 0. The van der Waals surface area contributed by atoms with Gasteiger partial charge in [-0.05, 0) is 265 Å². The van der Waals surface area contributed by atoms with Gasteiger partial charge in [0.15, 0.2) is 9.84 Å². The van der Waals surface area contributed by atoms with Crippen molar-refractivity contribution in [2.45, 2.75) is 142 Å². The van der Waals surface area contributed by atoms with E-state index in [1.807, 2.05) is 32.9 Å². The maximum Gasteiger partial charge on any atom is 0.180 e. The molecule has 1 aromatic carbocycles. The first-order valence-corrected chi connectivity index (χ1v) is 26.9. The van der Waals surface area contributed by atoms with Crippen LogP contribution in [0.25, 0.3) is 0 Å². The largest absolute Gasteiger partial charge is 0.317 e. The standard InChI is InChI=1S/C48H100N10O2S/c1-5-49-23-6-7-36-56-39-22-40-57-37-19-18-34-54-32-15-14-30-52-28-11-10-26-50-24-8-9-25-51-27-12-13-29-53-31-16-17-33-55-35-20-21-38-58-41-42-61(59,60)48-46(3)43-45(2)44-47(48)4/h43-44,49-58H,5-42H2,1-4H3. The highest BCUT2D eigenvalue weighted by atomic mass is 32.2. The first-order valence-electron chi connectivity index (χ1n) is 25.3. The predicted molar refractivity (Wildman–Crippen MR) is 266 cm³/mol. The van der Waals surface area contributed by atoms with Crippen LogP contribution in [0.2, 0.25) is 0 Å². The Morgan fingerprint density at radius 3 is 0.787 bits per heavy atom. The van der Waals surface area contributed by atoms with Crippen LogP contribution in [0.5, 0.6) is 0 Å². The highest BCUT2D eigenvalue weighted by Crippen LogP contribution is 2.22. The molecular formula is C48H100N10O2S. The third-order valence-corrected chi connectivity index (χ3v) is 13.1. The summed E-state index contributed by atoms with van der Waals surface area (Å²) in [5, 5.41) is 35.4. The van der Waals surface area contributed by atoms with Crippen LogP contribution >= 0.6 is 0 Å². The number of aryl methyl sites for hydroxylation is 3. The van der Waals surface area contributed by atoms with Crippen LogP contribution in [-0.4, -0.2) is 145 Å². The van der Waals surface area contributed by atoms with E-state index in [9.17, 15) is 8.42 Å². The second-order valence-electron chi connectivity index (χ2n) is 17.2. The highest BCUT2D eigenvalue weighted by molar-refractivity contribution is 7.91. The molecule has 0 radical (unpaired) electrons. The van der Waals surface area contributed by atoms with Crippen LogP contribution in [0.1, 0.15) is 133 Å². The molecular weight excluding hydrogens is 781 g/mol. The molecule has 0 heterocycles. The van der Waals surface area contributed by atoms with E-state index in [0.717, 1.165) is 154 Å². The summed E-state index contributed by atoms with van der Waals surface area (Å²) < 4.78 is 25.7. The molecule has 61 heavy (non-hydrogen) atoms. The molecule has 0 fully saturated rings. The van der Waals surface area contributed by atoms with Gasteiger partial charge in [-0.3, -0.25) is 0 Å². The number of rotatable bonds is 49. The van der Waals surface area contributed by atoms with Crippen LogP contribution in [0.15, 0.2) is 17.0 Å². The Labute approximate surface area is 377 Å². The van der Waals surface area contributed by atoms with E-state index < -0.39 is 9.84 Å². The molecule has 0 aliphatic rings. The predicted octanol–water partition coefficient (Wildman–Crippen LogP) is 4.93. The minimum atomic E-state index is -3.26.